The van der Waals surface area contributed by atoms with Crippen LogP contribution in [0.4, 0.5) is 0 Å². The molecule has 0 unspecified atom stereocenters. The van der Waals surface area contributed by atoms with E-state index in [1.807, 2.05) is 85.8 Å². The van der Waals surface area contributed by atoms with Crippen LogP contribution in [0, 0.1) is 6.92 Å². The Bertz CT molecular complexity index is 3830. The van der Waals surface area contributed by atoms with E-state index < -0.39 is 86.1 Å². The Balaban J connectivity index is 1.50. The third-order valence-electron chi connectivity index (χ3n) is 11.5. The van der Waals surface area contributed by atoms with E-state index >= 15 is 0 Å². The zero-order valence-corrected chi connectivity index (χ0v) is 35.5. The highest BCUT2D eigenvalue weighted by Crippen LogP contribution is 2.46. The smallest absolute Gasteiger partial charge is 0.149 e. The van der Waals surface area contributed by atoms with E-state index in [2.05, 4.69) is 6.07 Å². The second-order valence-corrected chi connectivity index (χ2v) is 16.4. The summed E-state index contributed by atoms with van der Waals surface area (Å²) < 4.78 is 169. The number of aryl methyl sites for hydroxylation is 1. The van der Waals surface area contributed by atoms with Gasteiger partial charge in [-0.2, -0.15) is 0 Å². The van der Waals surface area contributed by atoms with Gasteiger partial charge in [0, 0.05) is 54.5 Å². The Kier molecular flexibility index (Phi) is 6.56. The van der Waals surface area contributed by atoms with Crippen molar-refractivity contribution < 1.29 is 31.2 Å². The van der Waals surface area contributed by atoms with Gasteiger partial charge in [0.25, 0.3) is 0 Å². The van der Waals surface area contributed by atoms with Crippen LogP contribution in [-0.4, -0.2) is 19.6 Å². The van der Waals surface area contributed by atoms with Crippen molar-refractivity contribution in [2.45, 2.75) is 78.6 Å². The average Bonchev–Trinajstić information content (AvgIpc) is 1.27. The number of hydrogen-bond donors (Lipinski definition) is 1. The molecule has 4 heteroatoms. The van der Waals surface area contributed by atoms with Gasteiger partial charge in [-0.15, -0.1) is 0 Å². The quantitative estimate of drug-likeness (QED) is 0.166. The van der Waals surface area contributed by atoms with Crippen LogP contribution in [0.2, 0.25) is 0 Å². The summed E-state index contributed by atoms with van der Waals surface area (Å²) >= 11 is 0. The van der Waals surface area contributed by atoms with Crippen molar-refractivity contribution in [3.63, 3.8) is 0 Å². The fourth-order valence-electron chi connectivity index (χ4n) is 8.28. The predicted molar refractivity (Wildman–Crippen MR) is 269 cm³/mol. The van der Waals surface area contributed by atoms with Gasteiger partial charge in [-0.3, -0.25) is 9.55 Å². The summed E-state index contributed by atoms with van der Waals surface area (Å²) in [6.45, 7) is -19.3. The van der Waals surface area contributed by atoms with Crippen LogP contribution < -0.4 is 0 Å². The summed E-state index contributed by atoms with van der Waals surface area (Å²) in [4.78, 5) is 10.0. The molecule has 0 atom stereocenters. The molecule has 2 heterocycles. The maximum atomic E-state index is 13.1. The van der Waals surface area contributed by atoms with E-state index in [0.717, 1.165) is 27.8 Å². The summed E-state index contributed by atoms with van der Waals surface area (Å²) in [5.41, 5.74) is -2.88. The van der Waals surface area contributed by atoms with E-state index in [9.17, 15) is 5.11 Å². The molecular weight excluding hydrogens is 779 g/mol. The Hall–Kier alpha value is -7.04. The number of aromatic nitrogens is 3. The molecule has 318 valence electrons. The van der Waals surface area contributed by atoms with Gasteiger partial charge in [0.05, 0.1) is 28.0 Å². The number of imidazole rings is 1. The largest absolute Gasteiger partial charge is 0.507 e. The Morgan fingerprint density at radius 1 is 0.562 bits per heavy atom. The van der Waals surface area contributed by atoms with Crippen LogP contribution in [0.1, 0.15) is 109 Å². The van der Waals surface area contributed by atoms with Gasteiger partial charge in [0.1, 0.15) is 11.6 Å². The minimum absolute atomic E-state index is 0.137. The number of pyridine rings is 1. The zero-order chi connectivity index (χ0) is 60.8. The minimum Gasteiger partial charge on any atom is -0.507 e. The topological polar surface area (TPSA) is 50.9 Å². The molecule has 7 aromatic carbocycles. The van der Waals surface area contributed by atoms with E-state index in [1.165, 1.54) is 4.57 Å². The highest BCUT2D eigenvalue weighted by molar-refractivity contribution is 5.98. The minimum atomic E-state index is -4.16. The van der Waals surface area contributed by atoms with Crippen molar-refractivity contribution in [2.75, 3.05) is 0 Å². The first kappa shape index (κ1) is 25.3. The number of benzene rings is 7. The molecule has 9 aromatic rings. The molecule has 0 aliphatic carbocycles. The molecule has 0 aliphatic rings. The molecule has 4 nitrogen and oxygen atoms in total. The second-order valence-electron chi connectivity index (χ2n) is 16.4. The Morgan fingerprint density at radius 3 is 1.95 bits per heavy atom. The summed E-state index contributed by atoms with van der Waals surface area (Å²) in [5.74, 6) is -3.04. The van der Waals surface area contributed by atoms with E-state index in [0.29, 0.717) is 45.1 Å². The van der Waals surface area contributed by atoms with Crippen molar-refractivity contribution in [1.29, 1.82) is 0 Å². The van der Waals surface area contributed by atoms with Gasteiger partial charge in [-0.05, 0) is 123 Å². The van der Waals surface area contributed by atoms with Crippen molar-refractivity contribution in [3.05, 3.63) is 192 Å². The third kappa shape index (κ3) is 8.17. The molecule has 0 radical (unpaired) electrons. The van der Waals surface area contributed by atoms with Crippen molar-refractivity contribution in [2.24, 2.45) is 0 Å². The van der Waals surface area contributed by atoms with E-state index in [-0.39, 0.29) is 22.8 Å². The number of para-hydroxylation sites is 1. The molecule has 0 spiro atoms. The van der Waals surface area contributed by atoms with Crippen LogP contribution >= 0.6 is 0 Å². The number of rotatable bonds is 8. The van der Waals surface area contributed by atoms with Gasteiger partial charge in [-0.25, -0.2) is 4.98 Å². The van der Waals surface area contributed by atoms with Gasteiger partial charge in [-0.1, -0.05) is 170 Å². The molecule has 0 aliphatic heterocycles. The standard InChI is InChI=1S/C60H57N3O/c1-38(2)42-26-27-54(50(34-42)41-21-14-11-15-22-41)63-55-25-17-24-49(56(55)62-58(63)51-36-48(59(4,5)6)37-52(57(51)64)60(7,8)9)46-31-45(40-19-12-10-13-20-40)32-47(33-46)53-35-44(28-29-61-53)43-23-16-18-39(3)30-43/h10-38,64H,1-9H3/i4D3,5D3,6D3,7D3,8D3,9D3,38D. The first-order chi connectivity index (χ1) is 38.4. The van der Waals surface area contributed by atoms with Gasteiger partial charge >= 0.3 is 0 Å². The molecule has 0 saturated heterocycles. The predicted octanol–water partition coefficient (Wildman–Crippen LogP) is 16.2. The molecule has 64 heavy (non-hydrogen) atoms. The lowest BCUT2D eigenvalue weighted by molar-refractivity contribution is 0.446. The molecule has 0 fully saturated rings. The Morgan fingerprint density at radius 2 is 1.23 bits per heavy atom. The van der Waals surface area contributed by atoms with Crippen molar-refractivity contribution in [1.82, 2.24) is 14.5 Å². The summed E-state index contributed by atoms with van der Waals surface area (Å²) in [7, 11) is 0. The summed E-state index contributed by atoms with van der Waals surface area (Å²) in [6.07, 6.45) is 1.71. The summed E-state index contributed by atoms with van der Waals surface area (Å²) in [5, 5.41) is 13.1. The fourth-order valence-corrected chi connectivity index (χ4v) is 8.28. The number of hydrogen-bond acceptors (Lipinski definition) is 3. The van der Waals surface area contributed by atoms with Gasteiger partial charge in [0.2, 0.25) is 0 Å². The maximum Gasteiger partial charge on any atom is 0.149 e. The fraction of sp³-hybridized carbons (Fsp3) is 0.200. The number of phenolic OH excluding ortho intramolecular Hbond substituents is 1. The third-order valence-corrected chi connectivity index (χ3v) is 11.5. The van der Waals surface area contributed by atoms with E-state index in [1.54, 1.807) is 86.8 Å². The van der Waals surface area contributed by atoms with Gasteiger partial charge < -0.3 is 5.11 Å². The lowest BCUT2D eigenvalue weighted by atomic mass is 9.79. The molecule has 0 amide bonds. The number of phenols is 1. The van der Waals surface area contributed by atoms with Crippen LogP contribution in [0.5, 0.6) is 5.75 Å². The average molecular weight is 855 g/mol. The highest BCUT2D eigenvalue weighted by atomic mass is 16.3. The van der Waals surface area contributed by atoms with E-state index in [4.69, 9.17) is 36.0 Å². The second kappa shape index (κ2) is 16.6. The lowest BCUT2D eigenvalue weighted by Gasteiger charge is -2.27. The molecule has 2 aromatic heterocycles. The molecule has 9 rings (SSSR count). The first-order valence-corrected chi connectivity index (χ1v) is 20.8. The molecular formula is C60H57N3O. The van der Waals surface area contributed by atoms with Crippen molar-refractivity contribution >= 4 is 11.0 Å². The molecule has 1 N–H and O–H groups in total. The van der Waals surface area contributed by atoms with Gasteiger partial charge in [0.15, 0.2) is 0 Å². The van der Waals surface area contributed by atoms with Crippen LogP contribution in [0.25, 0.3) is 83.9 Å². The number of nitrogens with zero attached hydrogens (tertiary/aromatic N) is 3. The summed E-state index contributed by atoms with van der Waals surface area (Å²) in [6, 6.07) is 47.3. The zero-order valence-electron chi connectivity index (χ0n) is 54.5. The Labute approximate surface area is 405 Å². The van der Waals surface area contributed by atoms with Crippen LogP contribution in [0.3, 0.4) is 0 Å². The number of aromatic hydroxyl groups is 1. The SMILES string of the molecule is [2H]C(C)(C)c1ccc(-n2c(-c3cc(C(C([2H])([2H])[2H])(C([2H])([2H])[2H])C([2H])([2H])[2H])cc(C(C([2H])([2H])[2H])(C([2H])([2H])[2H])C([2H])([2H])[2H])c3O)nc3c(-c4cc(-c5ccccc5)cc(-c5cc(-c6cccc(C)c6)ccn5)c4)cccc32)c(-c2ccccc2)c1. The van der Waals surface area contributed by atoms with Crippen molar-refractivity contribution in [3.8, 4) is 78.6 Å². The highest BCUT2D eigenvalue weighted by Gasteiger charge is 2.29. The number of fused-ring (bicyclic) bond motifs is 1. The maximum absolute atomic E-state index is 13.1. The first-order valence-electron chi connectivity index (χ1n) is 30.3. The lowest BCUT2D eigenvalue weighted by Crippen LogP contribution is -2.17. The van der Waals surface area contributed by atoms with Crippen LogP contribution in [-0.2, 0) is 10.8 Å². The molecule has 0 bridgehead atoms. The van der Waals surface area contributed by atoms with Crippen LogP contribution in [0.15, 0.2) is 170 Å². The normalized spacial score (nSPS) is 17.8. The monoisotopic (exact) mass is 855 g/mol. The molecule has 0 saturated carbocycles.